The third kappa shape index (κ3) is 2.65. The number of cyclic esters (lactones) is 1. The molecule has 1 fully saturated rings. The minimum atomic E-state index is -1.02. The van der Waals surface area contributed by atoms with E-state index in [1.54, 1.807) is 30.0 Å². The van der Waals surface area contributed by atoms with Crippen LogP contribution in [0.5, 0.6) is 0 Å². The van der Waals surface area contributed by atoms with E-state index in [2.05, 4.69) is 6.58 Å². The van der Waals surface area contributed by atoms with Gasteiger partial charge in [0.2, 0.25) is 0 Å². The second-order valence-electron chi connectivity index (χ2n) is 6.93. The van der Waals surface area contributed by atoms with Crippen molar-refractivity contribution >= 4 is 11.9 Å². The van der Waals surface area contributed by atoms with Gasteiger partial charge in [-0.3, -0.25) is 9.69 Å². The molecule has 22 heavy (non-hydrogen) atoms. The number of benzene rings is 1. The lowest BCUT2D eigenvalue weighted by atomic mass is 9.89. The normalized spacial score (nSPS) is 25.0. The predicted molar refractivity (Wildman–Crippen MR) is 85.2 cm³/mol. The Labute approximate surface area is 131 Å². The van der Waals surface area contributed by atoms with Crippen molar-refractivity contribution in [3.05, 3.63) is 48.6 Å². The highest BCUT2D eigenvalue weighted by Crippen LogP contribution is 2.40. The Morgan fingerprint density at radius 3 is 2.45 bits per heavy atom. The molecule has 0 aliphatic carbocycles. The Morgan fingerprint density at radius 2 is 1.95 bits per heavy atom. The summed E-state index contributed by atoms with van der Waals surface area (Å²) < 4.78 is 5.57. The smallest absolute Gasteiger partial charge is 0.334 e. The fourth-order valence-electron chi connectivity index (χ4n) is 2.72. The minimum Gasteiger partial charge on any atom is -0.439 e. The second-order valence-corrected chi connectivity index (χ2v) is 6.93. The summed E-state index contributed by atoms with van der Waals surface area (Å²) in [5.41, 5.74) is -0.851. The van der Waals surface area contributed by atoms with Crippen molar-refractivity contribution in [1.29, 1.82) is 0 Å². The van der Waals surface area contributed by atoms with Gasteiger partial charge in [-0.25, -0.2) is 4.79 Å². The molecule has 0 radical (unpaired) electrons. The van der Waals surface area contributed by atoms with Crippen molar-refractivity contribution in [3.63, 3.8) is 0 Å². The van der Waals surface area contributed by atoms with E-state index in [1.165, 1.54) is 0 Å². The van der Waals surface area contributed by atoms with Crippen LogP contribution in [0.2, 0.25) is 0 Å². The molecule has 1 saturated heterocycles. The molecule has 2 atom stereocenters. The fraction of sp³-hybridized carbons (Fsp3) is 0.444. The van der Waals surface area contributed by atoms with Crippen LogP contribution in [0, 0.1) is 5.41 Å². The Balaban J connectivity index is 2.50. The molecule has 0 N–H and O–H groups in total. The Bertz CT molecular complexity index is 588. The summed E-state index contributed by atoms with van der Waals surface area (Å²) in [6, 6.07) is 8.97. The van der Waals surface area contributed by atoms with E-state index >= 15 is 0 Å². The first-order valence-corrected chi connectivity index (χ1v) is 7.42. The first-order chi connectivity index (χ1) is 10.2. The van der Waals surface area contributed by atoms with Gasteiger partial charge in [0, 0.05) is 11.0 Å². The van der Waals surface area contributed by atoms with Gasteiger partial charge >= 0.3 is 5.97 Å². The van der Waals surface area contributed by atoms with Crippen molar-refractivity contribution in [3.8, 4) is 0 Å². The molecule has 0 unspecified atom stereocenters. The SMILES string of the molecule is C=CC[C@@]1(C)C(=O)O[C@H](C(C)(C)C)N1C(=O)c1ccccc1. The Hall–Kier alpha value is -2.10. The summed E-state index contributed by atoms with van der Waals surface area (Å²) in [5.74, 6) is -0.577. The first kappa shape index (κ1) is 16.3. The summed E-state index contributed by atoms with van der Waals surface area (Å²) in [7, 11) is 0. The third-order valence-corrected chi connectivity index (χ3v) is 3.95. The zero-order chi connectivity index (χ0) is 16.5. The van der Waals surface area contributed by atoms with Crippen LogP contribution in [-0.4, -0.2) is 28.5 Å². The van der Waals surface area contributed by atoms with Gasteiger partial charge in [0.05, 0.1) is 0 Å². The van der Waals surface area contributed by atoms with Gasteiger partial charge in [-0.2, -0.15) is 0 Å². The number of nitrogens with zero attached hydrogens (tertiary/aromatic N) is 1. The van der Waals surface area contributed by atoms with E-state index in [0.29, 0.717) is 12.0 Å². The van der Waals surface area contributed by atoms with Gasteiger partial charge in [0.1, 0.15) is 5.54 Å². The predicted octanol–water partition coefficient (Wildman–Crippen LogP) is 3.39. The van der Waals surface area contributed by atoms with E-state index in [-0.39, 0.29) is 17.3 Å². The summed E-state index contributed by atoms with van der Waals surface area (Å²) >= 11 is 0. The van der Waals surface area contributed by atoms with Gasteiger partial charge in [-0.05, 0) is 25.5 Å². The number of carbonyl (C=O) groups is 2. The van der Waals surface area contributed by atoms with Crippen molar-refractivity contribution in [2.75, 3.05) is 0 Å². The molecule has 118 valence electrons. The zero-order valence-corrected chi connectivity index (χ0v) is 13.6. The number of carbonyl (C=O) groups excluding carboxylic acids is 2. The lowest BCUT2D eigenvalue weighted by Gasteiger charge is -2.38. The van der Waals surface area contributed by atoms with Crippen molar-refractivity contribution in [2.24, 2.45) is 5.41 Å². The number of rotatable bonds is 3. The monoisotopic (exact) mass is 301 g/mol. The first-order valence-electron chi connectivity index (χ1n) is 7.42. The van der Waals surface area contributed by atoms with Crippen LogP contribution in [0.3, 0.4) is 0 Å². The fourth-order valence-corrected chi connectivity index (χ4v) is 2.72. The third-order valence-electron chi connectivity index (χ3n) is 3.95. The summed E-state index contributed by atoms with van der Waals surface area (Å²) in [6.45, 7) is 11.3. The van der Waals surface area contributed by atoms with Crippen LogP contribution >= 0.6 is 0 Å². The van der Waals surface area contributed by atoms with Crippen LogP contribution in [0.4, 0.5) is 0 Å². The van der Waals surface area contributed by atoms with Crippen LogP contribution < -0.4 is 0 Å². The maximum atomic E-state index is 13.0. The number of hydrogen-bond donors (Lipinski definition) is 0. The van der Waals surface area contributed by atoms with E-state index in [1.807, 2.05) is 39.0 Å². The Morgan fingerprint density at radius 1 is 1.36 bits per heavy atom. The largest absolute Gasteiger partial charge is 0.439 e. The van der Waals surface area contributed by atoms with E-state index in [9.17, 15) is 9.59 Å². The maximum absolute atomic E-state index is 13.0. The number of ether oxygens (including phenoxy) is 1. The highest BCUT2D eigenvalue weighted by atomic mass is 16.6. The Kier molecular flexibility index (Phi) is 4.14. The molecule has 1 heterocycles. The zero-order valence-electron chi connectivity index (χ0n) is 13.6. The second kappa shape index (κ2) is 5.59. The molecule has 1 aliphatic heterocycles. The average molecular weight is 301 g/mol. The maximum Gasteiger partial charge on any atom is 0.334 e. The molecular weight excluding hydrogens is 278 g/mol. The summed E-state index contributed by atoms with van der Waals surface area (Å²) in [5, 5.41) is 0. The van der Waals surface area contributed by atoms with Gasteiger partial charge in [0.15, 0.2) is 6.23 Å². The molecule has 1 aliphatic rings. The summed E-state index contributed by atoms with van der Waals surface area (Å²) in [4.78, 5) is 27.0. The molecule has 2 rings (SSSR count). The van der Waals surface area contributed by atoms with Crippen LogP contribution in [0.1, 0.15) is 44.5 Å². The van der Waals surface area contributed by atoms with Crippen molar-refractivity contribution in [1.82, 2.24) is 4.90 Å². The quantitative estimate of drug-likeness (QED) is 0.635. The molecule has 4 heteroatoms. The molecule has 1 aromatic carbocycles. The van der Waals surface area contributed by atoms with Gasteiger partial charge < -0.3 is 4.74 Å². The molecule has 4 nitrogen and oxygen atoms in total. The number of hydrogen-bond acceptors (Lipinski definition) is 3. The molecule has 1 aromatic rings. The highest BCUT2D eigenvalue weighted by Gasteiger charge is 2.56. The van der Waals surface area contributed by atoms with E-state index in [4.69, 9.17) is 4.74 Å². The van der Waals surface area contributed by atoms with Gasteiger partial charge in [-0.1, -0.05) is 45.0 Å². The average Bonchev–Trinajstić information content (AvgIpc) is 2.72. The molecule has 1 amide bonds. The lowest BCUT2D eigenvalue weighted by Crippen LogP contribution is -2.54. The topological polar surface area (TPSA) is 46.6 Å². The molecule has 0 aromatic heterocycles. The van der Waals surface area contributed by atoms with Crippen LogP contribution in [-0.2, 0) is 9.53 Å². The highest BCUT2D eigenvalue weighted by molar-refractivity contribution is 5.99. The van der Waals surface area contributed by atoms with Gasteiger partial charge in [0.25, 0.3) is 5.91 Å². The standard InChI is InChI=1S/C18H23NO3/c1-6-12-18(5)16(21)22-15(17(2,3)4)19(18)14(20)13-10-8-7-9-11-13/h6-11,15H,1,12H2,2-5H3/t15-,18+/m1/s1. The van der Waals surface area contributed by atoms with Crippen molar-refractivity contribution in [2.45, 2.75) is 45.9 Å². The van der Waals surface area contributed by atoms with Crippen molar-refractivity contribution < 1.29 is 14.3 Å². The minimum absolute atomic E-state index is 0.198. The molecular formula is C18H23NO3. The number of amides is 1. The van der Waals surface area contributed by atoms with Crippen LogP contribution in [0.15, 0.2) is 43.0 Å². The number of esters is 1. The molecule has 0 bridgehead atoms. The summed E-state index contributed by atoms with van der Waals surface area (Å²) in [6.07, 6.45) is 1.41. The van der Waals surface area contributed by atoms with E-state index < -0.39 is 11.8 Å². The van der Waals surface area contributed by atoms with Gasteiger partial charge in [-0.15, -0.1) is 6.58 Å². The van der Waals surface area contributed by atoms with Crippen LogP contribution in [0.25, 0.3) is 0 Å². The lowest BCUT2D eigenvalue weighted by molar-refractivity contribution is -0.148. The molecule has 0 saturated carbocycles. The molecule has 0 spiro atoms. The van der Waals surface area contributed by atoms with E-state index in [0.717, 1.165) is 0 Å².